The number of hydrogen-bond donors (Lipinski definition) is 1. The predicted octanol–water partition coefficient (Wildman–Crippen LogP) is 1.58. The minimum absolute atomic E-state index is 0.0111. The van der Waals surface area contributed by atoms with E-state index in [0.29, 0.717) is 0 Å². The zero-order valence-corrected chi connectivity index (χ0v) is 14.0. The van der Waals surface area contributed by atoms with Gasteiger partial charge in [-0.1, -0.05) is 6.58 Å². The third-order valence-corrected chi connectivity index (χ3v) is 4.16. The van der Waals surface area contributed by atoms with E-state index in [1.807, 2.05) is 0 Å². The fraction of sp³-hybridized carbons (Fsp3) is 0.688. The van der Waals surface area contributed by atoms with E-state index in [4.69, 9.17) is 4.74 Å². The second kappa shape index (κ2) is 6.22. The van der Waals surface area contributed by atoms with Gasteiger partial charge in [0.05, 0.1) is 7.11 Å². The quantitative estimate of drug-likeness (QED) is 0.629. The van der Waals surface area contributed by atoms with E-state index in [0.717, 1.165) is 19.3 Å². The molecule has 128 valence electrons. The van der Waals surface area contributed by atoms with Crippen LogP contribution in [0, 0.1) is 5.92 Å². The molecule has 3 atom stereocenters. The highest BCUT2D eigenvalue weighted by Gasteiger charge is 2.52. The summed E-state index contributed by atoms with van der Waals surface area (Å²) in [6.07, 6.45) is 2.04. The monoisotopic (exact) mass is 324 g/mol. The summed E-state index contributed by atoms with van der Waals surface area (Å²) in [5.41, 5.74) is -0.764. The fourth-order valence-corrected chi connectivity index (χ4v) is 3.30. The Kier molecular flexibility index (Phi) is 4.68. The highest BCUT2D eigenvalue weighted by Crippen LogP contribution is 2.43. The molecule has 2 aliphatic rings. The van der Waals surface area contributed by atoms with Crippen LogP contribution in [-0.4, -0.2) is 47.7 Å². The Hall–Kier alpha value is -2.05. The number of carbonyl (C=O) groups excluding carboxylic acids is 3. The Morgan fingerprint density at radius 3 is 2.43 bits per heavy atom. The van der Waals surface area contributed by atoms with E-state index < -0.39 is 29.6 Å². The highest BCUT2D eigenvalue weighted by atomic mass is 16.6. The summed E-state index contributed by atoms with van der Waals surface area (Å²) in [7, 11) is 1.21. The molecule has 1 saturated heterocycles. The first-order valence-electron chi connectivity index (χ1n) is 7.73. The molecule has 2 amide bonds. The van der Waals surface area contributed by atoms with Crippen LogP contribution >= 0.6 is 0 Å². The van der Waals surface area contributed by atoms with Crippen molar-refractivity contribution in [1.29, 1.82) is 0 Å². The van der Waals surface area contributed by atoms with Crippen LogP contribution in [0.2, 0.25) is 0 Å². The first-order chi connectivity index (χ1) is 10.6. The Labute approximate surface area is 136 Å². The highest BCUT2D eigenvalue weighted by molar-refractivity contribution is 5.96. The lowest BCUT2D eigenvalue weighted by molar-refractivity contribution is -0.138. The van der Waals surface area contributed by atoms with Crippen LogP contribution in [0.15, 0.2) is 12.3 Å². The van der Waals surface area contributed by atoms with Gasteiger partial charge in [-0.25, -0.2) is 9.59 Å². The standard InChI is InChI=1S/C16H24N2O5/c1-9(14(20)22-5)17-13(19)12-10-6-7-11(8-10)18(12)15(21)23-16(2,3)4/h10-12H,1,6-8H2,2-5H3,(H,17,19). The lowest BCUT2D eigenvalue weighted by Crippen LogP contribution is -2.54. The van der Waals surface area contributed by atoms with Gasteiger partial charge in [0.15, 0.2) is 0 Å². The molecular weight excluding hydrogens is 300 g/mol. The number of amides is 2. The minimum atomic E-state index is -0.703. The van der Waals surface area contributed by atoms with Gasteiger partial charge in [0.2, 0.25) is 5.91 Å². The number of piperidine rings is 1. The number of esters is 1. The van der Waals surface area contributed by atoms with Gasteiger partial charge in [0, 0.05) is 6.04 Å². The van der Waals surface area contributed by atoms with Crippen molar-refractivity contribution in [2.45, 2.75) is 57.7 Å². The number of rotatable bonds is 3. The predicted molar refractivity (Wildman–Crippen MR) is 82.3 cm³/mol. The minimum Gasteiger partial charge on any atom is -0.464 e. The molecule has 0 spiro atoms. The van der Waals surface area contributed by atoms with E-state index in [-0.39, 0.29) is 17.7 Å². The molecule has 0 aromatic carbocycles. The average molecular weight is 324 g/mol. The van der Waals surface area contributed by atoms with Crippen LogP contribution in [0.4, 0.5) is 4.79 Å². The summed E-state index contributed by atoms with van der Waals surface area (Å²) >= 11 is 0. The first kappa shape index (κ1) is 17.3. The van der Waals surface area contributed by atoms with Gasteiger partial charge in [-0.15, -0.1) is 0 Å². The molecule has 3 unspecified atom stereocenters. The maximum Gasteiger partial charge on any atom is 0.411 e. The fourth-order valence-electron chi connectivity index (χ4n) is 3.30. The van der Waals surface area contributed by atoms with Crippen molar-refractivity contribution >= 4 is 18.0 Å². The second-order valence-electron chi connectivity index (χ2n) is 7.02. The van der Waals surface area contributed by atoms with Gasteiger partial charge in [-0.3, -0.25) is 9.69 Å². The third kappa shape index (κ3) is 3.65. The van der Waals surface area contributed by atoms with Crippen molar-refractivity contribution in [3.05, 3.63) is 12.3 Å². The molecule has 2 rings (SSSR count). The summed E-state index contributed by atoms with van der Waals surface area (Å²) in [5, 5.41) is 2.45. The van der Waals surface area contributed by atoms with Crippen molar-refractivity contribution in [1.82, 2.24) is 10.2 Å². The van der Waals surface area contributed by atoms with E-state index >= 15 is 0 Å². The van der Waals surface area contributed by atoms with Gasteiger partial charge in [0.1, 0.15) is 17.3 Å². The molecule has 0 radical (unpaired) electrons. The molecule has 1 aliphatic carbocycles. The van der Waals surface area contributed by atoms with Crippen molar-refractivity contribution < 1.29 is 23.9 Å². The maximum absolute atomic E-state index is 12.5. The van der Waals surface area contributed by atoms with E-state index in [1.54, 1.807) is 20.8 Å². The lowest BCUT2D eigenvalue weighted by atomic mass is 9.98. The summed E-state index contributed by atoms with van der Waals surface area (Å²) in [4.78, 5) is 37.9. The topological polar surface area (TPSA) is 84.9 Å². The van der Waals surface area contributed by atoms with Crippen molar-refractivity contribution in [2.75, 3.05) is 7.11 Å². The normalized spacial score (nSPS) is 25.9. The molecule has 7 nitrogen and oxygen atoms in total. The van der Waals surface area contributed by atoms with Crippen molar-refractivity contribution in [3.63, 3.8) is 0 Å². The second-order valence-corrected chi connectivity index (χ2v) is 7.02. The molecule has 1 heterocycles. The average Bonchev–Trinajstić information content (AvgIpc) is 3.04. The molecule has 23 heavy (non-hydrogen) atoms. The third-order valence-electron chi connectivity index (χ3n) is 4.16. The van der Waals surface area contributed by atoms with Crippen LogP contribution in [0.25, 0.3) is 0 Å². The summed E-state index contributed by atoms with van der Waals surface area (Å²) in [5.74, 6) is -1.04. The molecule has 0 aromatic rings. The van der Waals surface area contributed by atoms with E-state index in [9.17, 15) is 14.4 Å². The van der Waals surface area contributed by atoms with E-state index in [2.05, 4.69) is 16.6 Å². The number of methoxy groups -OCH3 is 1. The summed E-state index contributed by atoms with van der Waals surface area (Å²) < 4.78 is 9.94. The van der Waals surface area contributed by atoms with Crippen LogP contribution < -0.4 is 5.32 Å². The molecule has 1 saturated carbocycles. The van der Waals surface area contributed by atoms with Crippen LogP contribution in [0.3, 0.4) is 0 Å². The largest absolute Gasteiger partial charge is 0.464 e. The number of nitrogens with one attached hydrogen (secondary N) is 1. The Morgan fingerprint density at radius 1 is 1.22 bits per heavy atom. The number of nitrogens with zero attached hydrogens (tertiary/aromatic N) is 1. The zero-order valence-electron chi connectivity index (χ0n) is 14.0. The van der Waals surface area contributed by atoms with Gasteiger partial charge in [-0.2, -0.15) is 0 Å². The zero-order chi connectivity index (χ0) is 17.4. The molecule has 7 heteroatoms. The number of likely N-dealkylation sites (tertiary alicyclic amines) is 1. The Bertz CT molecular complexity index is 537. The molecule has 1 N–H and O–H groups in total. The molecule has 0 aromatic heterocycles. The number of carbonyl (C=O) groups is 3. The smallest absolute Gasteiger partial charge is 0.411 e. The molecule has 2 fully saturated rings. The van der Waals surface area contributed by atoms with Crippen LogP contribution in [0.5, 0.6) is 0 Å². The molecule has 1 aliphatic heterocycles. The van der Waals surface area contributed by atoms with Gasteiger partial charge in [-0.05, 0) is 46.0 Å². The van der Waals surface area contributed by atoms with Crippen LogP contribution in [0.1, 0.15) is 40.0 Å². The first-order valence-corrected chi connectivity index (χ1v) is 7.73. The van der Waals surface area contributed by atoms with Crippen molar-refractivity contribution in [3.8, 4) is 0 Å². The SMILES string of the molecule is C=C(NC(=O)C1C2CCC(C2)N1C(=O)OC(C)(C)C)C(=O)OC. The molecular formula is C16H24N2O5. The van der Waals surface area contributed by atoms with E-state index in [1.165, 1.54) is 12.0 Å². The summed E-state index contributed by atoms with van der Waals surface area (Å²) in [6, 6.07) is -0.623. The Morgan fingerprint density at radius 2 is 1.87 bits per heavy atom. The number of fused-ring (bicyclic) bond motifs is 2. The maximum atomic E-state index is 12.5. The lowest BCUT2D eigenvalue weighted by Gasteiger charge is -2.35. The number of ether oxygens (including phenoxy) is 2. The van der Waals surface area contributed by atoms with Gasteiger partial charge in [0.25, 0.3) is 0 Å². The molecule has 2 bridgehead atoms. The Balaban J connectivity index is 2.12. The van der Waals surface area contributed by atoms with Gasteiger partial charge >= 0.3 is 12.1 Å². The van der Waals surface area contributed by atoms with Gasteiger partial charge < -0.3 is 14.8 Å². The summed E-state index contributed by atoms with van der Waals surface area (Å²) in [6.45, 7) is 8.84. The van der Waals surface area contributed by atoms with Crippen molar-refractivity contribution in [2.24, 2.45) is 5.92 Å². The number of hydrogen-bond acceptors (Lipinski definition) is 5. The van der Waals surface area contributed by atoms with Crippen LogP contribution in [-0.2, 0) is 19.1 Å².